The summed E-state index contributed by atoms with van der Waals surface area (Å²) in [5.41, 5.74) is 1.27. The molecule has 0 aliphatic heterocycles. The number of rotatable bonds is 6. The van der Waals surface area contributed by atoms with Gasteiger partial charge in [-0.2, -0.15) is 0 Å². The van der Waals surface area contributed by atoms with E-state index in [2.05, 4.69) is 19.2 Å². The van der Waals surface area contributed by atoms with Crippen LogP contribution >= 0.6 is 0 Å². The van der Waals surface area contributed by atoms with Gasteiger partial charge >= 0.3 is 0 Å². The fourth-order valence-electron chi connectivity index (χ4n) is 2.39. The largest absolute Gasteiger partial charge is 0.320 e. The van der Waals surface area contributed by atoms with Crippen LogP contribution in [-0.2, 0) is 9.59 Å². The molecule has 2 amide bonds. The number of hydrogen-bond donors (Lipinski definition) is 0. The summed E-state index contributed by atoms with van der Waals surface area (Å²) in [6.45, 7) is 11.8. The molecule has 0 heterocycles. The zero-order valence-electron chi connectivity index (χ0n) is 12.5. The van der Waals surface area contributed by atoms with Crippen LogP contribution in [0.5, 0.6) is 0 Å². The summed E-state index contributed by atoms with van der Waals surface area (Å²) in [7, 11) is 0. The first-order chi connectivity index (χ1) is 9.47. The molecule has 0 saturated carbocycles. The van der Waals surface area contributed by atoms with Gasteiger partial charge in [0.05, 0.1) is 0 Å². The van der Waals surface area contributed by atoms with E-state index in [0.29, 0.717) is 12.5 Å². The molecule has 20 heavy (non-hydrogen) atoms. The van der Waals surface area contributed by atoms with Gasteiger partial charge in [0.15, 0.2) is 0 Å². The van der Waals surface area contributed by atoms with Gasteiger partial charge in [-0.1, -0.05) is 24.8 Å². The van der Waals surface area contributed by atoms with E-state index in [1.54, 1.807) is 36.0 Å². The Morgan fingerprint density at radius 1 is 1.25 bits per heavy atom. The van der Waals surface area contributed by atoms with Crippen LogP contribution < -0.4 is 0 Å². The smallest absolute Gasteiger partial charge is 0.223 e. The van der Waals surface area contributed by atoms with Crippen LogP contribution in [-0.4, -0.2) is 34.7 Å². The molecule has 0 spiro atoms. The summed E-state index contributed by atoms with van der Waals surface area (Å²) in [4.78, 5) is 26.0. The van der Waals surface area contributed by atoms with Crippen molar-refractivity contribution >= 4 is 11.8 Å². The minimum Gasteiger partial charge on any atom is -0.320 e. The van der Waals surface area contributed by atoms with Crippen LogP contribution in [0.15, 0.2) is 37.2 Å². The zero-order valence-corrected chi connectivity index (χ0v) is 12.5. The van der Waals surface area contributed by atoms with Crippen LogP contribution in [0.2, 0.25) is 0 Å². The zero-order chi connectivity index (χ0) is 15.1. The second kappa shape index (κ2) is 7.68. The molecular weight excluding hydrogens is 252 g/mol. The number of nitrogens with zero attached hydrogens (tertiary/aromatic N) is 2. The highest BCUT2D eigenvalue weighted by atomic mass is 16.2. The number of amides is 2. The van der Waals surface area contributed by atoms with Crippen LogP contribution in [0.3, 0.4) is 0 Å². The maximum absolute atomic E-state index is 11.4. The highest BCUT2D eigenvalue weighted by Gasteiger charge is 2.19. The molecule has 110 valence electrons. The number of hydrogen-bond acceptors (Lipinski definition) is 2. The van der Waals surface area contributed by atoms with E-state index in [-0.39, 0.29) is 11.8 Å². The van der Waals surface area contributed by atoms with Gasteiger partial charge in [0, 0.05) is 26.9 Å². The SMILES string of the molecule is C=CN(CC1=CCC(CN(C=C)C(C)=O)CC1)C(C)=O. The predicted octanol–water partition coefficient (Wildman–Crippen LogP) is 2.70. The lowest BCUT2D eigenvalue weighted by atomic mass is 9.89. The molecule has 0 radical (unpaired) electrons. The van der Waals surface area contributed by atoms with Crippen LogP contribution in [0.4, 0.5) is 0 Å². The third-order valence-corrected chi connectivity index (χ3v) is 3.69. The van der Waals surface area contributed by atoms with Crippen molar-refractivity contribution in [1.29, 1.82) is 0 Å². The van der Waals surface area contributed by atoms with Crippen molar-refractivity contribution in [2.75, 3.05) is 13.1 Å². The number of carbonyl (C=O) groups is 2. The Hall–Kier alpha value is -1.84. The van der Waals surface area contributed by atoms with Gasteiger partial charge < -0.3 is 9.80 Å². The van der Waals surface area contributed by atoms with E-state index in [4.69, 9.17) is 0 Å². The van der Waals surface area contributed by atoms with E-state index in [1.165, 1.54) is 5.57 Å². The molecule has 0 aromatic rings. The Kier molecular flexibility index (Phi) is 6.22. The normalized spacial score (nSPS) is 17.9. The van der Waals surface area contributed by atoms with Crippen molar-refractivity contribution in [2.45, 2.75) is 33.1 Å². The maximum atomic E-state index is 11.4. The van der Waals surface area contributed by atoms with Gasteiger partial charge in [0.25, 0.3) is 0 Å². The molecule has 0 saturated heterocycles. The lowest BCUT2D eigenvalue weighted by molar-refractivity contribution is -0.127. The molecule has 4 nitrogen and oxygen atoms in total. The summed E-state index contributed by atoms with van der Waals surface area (Å²) in [5.74, 6) is 0.511. The highest BCUT2D eigenvalue weighted by Crippen LogP contribution is 2.25. The molecule has 0 aromatic carbocycles. The molecule has 0 aromatic heterocycles. The van der Waals surface area contributed by atoms with Gasteiger partial charge in [-0.3, -0.25) is 9.59 Å². The predicted molar refractivity (Wildman–Crippen MR) is 80.6 cm³/mol. The summed E-state index contributed by atoms with van der Waals surface area (Å²) in [6, 6.07) is 0. The molecule has 4 heteroatoms. The summed E-state index contributed by atoms with van der Waals surface area (Å²) >= 11 is 0. The third kappa shape index (κ3) is 4.68. The lowest BCUT2D eigenvalue weighted by Crippen LogP contribution is -2.30. The van der Waals surface area contributed by atoms with E-state index < -0.39 is 0 Å². The Labute approximate surface area is 121 Å². The second-order valence-electron chi connectivity index (χ2n) is 5.19. The first-order valence-corrected chi connectivity index (χ1v) is 6.95. The monoisotopic (exact) mass is 276 g/mol. The van der Waals surface area contributed by atoms with Crippen molar-refractivity contribution < 1.29 is 9.59 Å². The van der Waals surface area contributed by atoms with Crippen molar-refractivity contribution in [3.05, 3.63) is 37.2 Å². The molecule has 1 aliphatic carbocycles. The van der Waals surface area contributed by atoms with Crippen molar-refractivity contribution in [1.82, 2.24) is 9.80 Å². The lowest BCUT2D eigenvalue weighted by Gasteiger charge is -2.28. The third-order valence-electron chi connectivity index (χ3n) is 3.69. The Bertz CT molecular complexity index is 426. The Morgan fingerprint density at radius 2 is 1.85 bits per heavy atom. The molecule has 1 unspecified atom stereocenters. The van der Waals surface area contributed by atoms with Crippen molar-refractivity contribution in [3.63, 3.8) is 0 Å². The fraction of sp³-hybridized carbons (Fsp3) is 0.500. The molecule has 1 rings (SSSR count). The standard InChI is InChI=1S/C16H24N2O2/c1-5-17(13(3)19)11-15-7-9-16(10-8-15)12-18(6-2)14(4)20/h5-7,16H,1-2,8-12H2,3-4H3. The second-order valence-corrected chi connectivity index (χ2v) is 5.19. The van der Waals surface area contributed by atoms with E-state index >= 15 is 0 Å². The maximum Gasteiger partial charge on any atom is 0.223 e. The molecule has 0 bridgehead atoms. The first-order valence-electron chi connectivity index (χ1n) is 6.95. The van der Waals surface area contributed by atoms with Crippen LogP contribution in [0.1, 0.15) is 33.1 Å². The van der Waals surface area contributed by atoms with Crippen molar-refractivity contribution in [2.24, 2.45) is 5.92 Å². The van der Waals surface area contributed by atoms with Gasteiger partial charge in [0.2, 0.25) is 11.8 Å². The number of carbonyl (C=O) groups excluding carboxylic acids is 2. The minimum absolute atomic E-state index is 0.0115. The van der Waals surface area contributed by atoms with E-state index in [1.807, 2.05) is 0 Å². The molecular formula is C16H24N2O2. The van der Waals surface area contributed by atoms with Gasteiger partial charge in [-0.25, -0.2) is 0 Å². The summed E-state index contributed by atoms with van der Waals surface area (Å²) in [5, 5.41) is 0. The van der Waals surface area contributed by atoms with E-state index in [0.717, 1.165) is 25.8 Å². The molecule has 1 aliphatic rings. The van der Waals surface area contributed by atoms with E-state index in [9.17, 15) is 9.59 Å². The minimum atomic E-state index is 0.0115. The highest BCUT2D eigenvalue weighted by molar-refractivity contribution is 5.74. The topological polar surface area (TPSA) is 40.6 Å². The van der Waals surface area contributed by atoms with Crippen LogP contribution in [0, 0.1) is 5.92 Å². The first kappa shape index (κ1) is 16.2. The molecule has 0 N–H and O–H groups in total. The van der Waals surface area contributed by atoms with Gasteiger partial charge in [-0.05, 0) is 37.6 Å². The molecule has 1 atom stereocenters. The average Bonchev–Trinajstić information content (AvgIpc) is 2.42. The average molecular weight is 276 g/mol. The van der Waals surface area contributed by atoms with Crippen molar-refractivity contribution in [3.8, 4) is 0 Å². The molecule has 0 fully saturated rings. The summed E-state index contributed by atoms with van der Waals surface area (Å²) < 4.78 is 0. The quantitative estimate of drug-likeness (QED) is 0.700. The fourth-order valence-corrected chi connectivity index (χ4v) is 2.39. The van der Waals surface area contributed by atoms with Gasteiger partial charge in [0.1, 0.15) is 0 Å². The number of allylic oxidation sites excluding steroid dienone is 1. The summed E-state index contributed by atoms with van der Waals surface area (Å²) in [6.07, 6.45) is 8.30. The Balaban J connectivity index is 2.52. The van der Waals surface area contributed by atoms with Gasteiger partial charge in [-0.15, -0.1) is 0 Å². The Morgan fingerprint density at radius 3 is 2.25 bits per heavy atom. The van der Waals surface area contributed by atoms with Crippen LogP contribution in [0.25, 0.3) is 0 Å².